The van der Waals surface area contributed by atoms with Crippen molar-refractivity contribution >= 4 is 88.1 Å². The van der Waals surface area contributed by atoms with Crippen LogP contribution >= 0.6 is 39.6 Å². The molecule has 20 rings (SSSR count). The fourth-order valence-corrected chi connectivity index (χ4v) is 44.6. The largest absolute Gasteiger partial charge is 0.496 e. The summed E-state index contributed by atoms with van der Waals surface area (Å²) in [7, 11) is 9.20. The SMILES string of the molecule is CC(C)c1cc(C(C)C)c(-c2ccccc2P(C2CCCCC2)C2CCCCC2)c(C(C)C)c1.CN(C)c1ccccc1-c1ccccc1P(C1CCCCC1)C1CCCCC1.CN(C)c1ccccc1-c1ccccc1P(c1ccccc1)c1ccccc1.COc1cccc(CO)c1-c1ccccc1P(C1CCCCC1)C1CCCCC1.Cc1ccccc1-c1ccccc1P(C1CCCCC1)C1CCCCC1. The smallest absolute Gasteiger partial charge is 0.127 e. The average molecular weight is 2030 g/mol. The minimum atomic E-state index is -0.641. The number of ether oxygens (including phenoxy) is 1. The Kier molecular flexibility index (Phi) is 42.6. The van der Waals surface area contributed by atoms with Gasteiger partial charge in [-0.1, -0.05) is 494 Å². The van der Waals surface area contributed by atoms with Crippen LogP contribution in [0.4, 0.5) is 11.4 Å². The van der Waals surface area contributed by atoms with Crippen LogP contribution in [-0.4, -0.2) is 85.7 Å². The summed E-state index contributed by atoms with van der Waals surface area (Å²) in [6.07, 6.45) is 57.9. The van der Waals surface area contributed by atoms with Gasteiger partial charge < -0.3 is 19.6 Å². The van der Waals surface area contributed by atoms with Gasteiger partial charge in [-0.05, 0) is 303 Å². The molecule has 4 nitrogen and oxygen atoms in total. The molecule has 8 saturated carbocycles. The molecule has 768 valence electrons. The third kappa shape index (κ3) is 28.3. The lowest BCUT2D eigenvalue weighted by Crippen LogP contribution is -2.27. The molecule has 0 amide bonds. The van der Waals surface area contributed by atoms with Gasteiger partial charge >= 0.3 is 0 Å². The van der Waals surface area contributed by atoms with E-state index in [1.165, 1.54) is 334 Å². The predicted molar refractivity (Wildman–Crippen MR) is 647 cm³/mol. The quantitative estimate of drug-likeness (QED) is 0.0521. The number of hydrogen-bond donors (Lipinski definition) is 1. The molecular formula is C136H177N2O2P5. The van der Waals surface area contributed by atoms with Gasteiger partial charge in [-0.3, -0.25) is 0 Å². The van der Waals surface area contributed by atoms with E-state index >= 15 is 0 Å². The summed E-state index contributed by atoms with van der Waals surface area (Å²) in [6.45, 7) is 16.6. The zero-order valence-corrected chi connectivity index (χ0v) is 95.4. The molecule has 8 aliphatic rings. The standard InChI is InChI=1S/C33H49P.C26H36NP.C26H24NP.C26H35O2P.C25H33P/c1-23(2)26-21-30(24(3)4)33(31(22-26)25(5)6)29-19-13-14-20-32(29)34(27-15-9-7-10-16-27)28-17-11-8-12-18-28;2*1-27(2)25-19-11-9-17-23(25)24-18-10-12-20-26(24)28(21-13-5-3-6-14-21)22-15-7-4-8-16-22;1-28-24-17-10-11-20(19-27)26(24)23-16-8-9-18-25(23)29(21-12-4-2-5-13-21)22-14-6-3-7-15-22;1-20-12-8-9-17-23(20)24-18-10-11-19-25(24)26(21-13-4-2-5-14-21)22-15-6-3-7-16-22/h13-14,19-25,27-28H,7-12,15-18H2,1-6H3;9-12,17-22H,3-8,13-16H2,1-2H3;3-20H,1-2H3;8-11,16-18,21-22,27H,2-7,12-15,19H2,1H3;8-12,17-19,21-22H,2-7,13-16H2,1H3. The van der Waals surface area contributed by atoms with Crippen molar-refractivity contribution in [1.29, 1.82) is 0 Å². The minimum absolute atomic E-state index is 0.0473. The number of anilines is 2. The predicted octanol–water partition coefficient (Wildman–Crippen LogP) is 36.9. The highest BCUT2D eigenvalue weighted by Gasteiger charge is 2.40. The van der Waals surface area contributed by atoms with E-state index in [-0.39, 0.29) is 38.3 Å². The van der Waals surface area contributed by atoms with E-state index in [0.717, 1.165) is 62.1 Å². The Morgan fingerprint density at radius 1 is 0.262 bits per heavy atom. The summed E-state index contributed by atoms with van der Waals surface area (Å²) >= 11 is 0. The number of nitrogens with zero attached hydrogens (tertiary/aromatic N) is 2. The van der Waals surface area contributed by atoms with Gasteiger partial charge in [0.05, 0.1) is 13.7 Å². The van der Waals surface area contributed by atoms with E-state index in [0.29, 0.717) is 17.8 Å². The molecule has 12 aromatic rings. The number of aliphatic hydroxyl groups excluding tert-OH is 1. The van der Waals surface area contributed by atoms with Crippen LogP contribution < -0.4 is 51.7 Å². The maximum absolute atomic E-state index is 10.1. The number of aryl methyl sites for hydroxylation is 1. The highest BCUT2D eigenvalue weighted by atomic mass is 31.1. The second kappa shape index (κ2) is 56.3. The Morgan fingerprint density at radius 2 is 0.517 bits per heavy atom. The number of rotatable bonds is 27. The number of hydrogen-bond acceptors (Lipinski definition) is 4. The van der Waals surface area contributed by atoms with Crippen molar-refractivity contribution in [2.75, 3.05) is 45.1 Å². The fourth-order valence-electron chi connectivity index (χ4n) is 26.3. The molecular weight excluding hydrogens is 1850 g/mol. The Labute approximate surface area is 885 Å². The second-order valence-electron chi connectivity index (χ2n) is 44.9. The topological polar surface area (TPSA) is 35.9 Å². The summed E-state index contributed by atoms with van der Waals surface area (Å²) in [5, 5.41) is 20.9. The molecule has 0 saturated heterocycles. The van der Waals surface area contributed by atoms with Crippen LogP contribution in [0, 0.1) is 6.92 Å². The lowest BCUT2D eigenvalue weighted by atomic mass is 9.82. The molecule has 9 heteroatoms. The molecule has 0 heterocycles. The molecule has 0 spiro atoms. The van der Waals surface area contributed by atoms with Crippen molar-refractivity contribution in [3.63, 3.8) is 0 Å². The number of aliphatic hydroxyl groups is 1. The van der Waals surface area contributed by atoms with Crippen molar-refractivity contribution in [2.45, 2.75) is 375 Å². The molecule has 8 aliphatic carbocycles. The lowest BCUT2D eigenvalue weighted by Gasteiger charge is -2.40. The van der Waals surface area contributed by atoms with Gasteiger partial charge in [0, 0.05) is 56.3 Å². The molecule has 0 radical (unpaired) electrons. The molecule has 0 atom stereocenters. The number of para-hydroxylation sites is 2. The summed E-state index contributed by atoms with van der Waals surface area (Å²) in [4.78, 5) is 4.47. The van der Waals surface area contributed by atoms with Crippen molar-refractivity contribution in [1.82, 2.24) is 0 Å². The highest BCUT2D eigenvalue weighted by Crippen LogP contribution is 2.62. The maximum Gasteiger partial charge on any atom is 0.127 e. The monoisotopic (exact) mass is 2030 g/mol. The average Bonchev–Trinajstić information content (AvgIpc) is 0.754. The van der Waals surface area contributed by atoms with E-state index in [9.17, 15) is 5.11 Å². The summed E-state index contributed by atoms with van der Waals surface area (Å²) in [6, 6.07) is 106. The van der Waals surface area contributed by atoms with Crippen molar-refractivity contribution in [3.05, 3.63) is 313 Å². The number of methoxy groups -OCH3 is 1. The first kappa shape index (κ1) is 110. The van der Waals surface area contributed by atoms with Crippen molar-refractivity contribution < 1.29 is 9.84 Å². The third-order valence-electron chi connectivity index (χ3n) is 33.6. The minimum Gasteiger partial charge on any atom is -0.496 e. The summed E-state index contributed by atoms with van der Waals surface area (Å²) < 4.78 is 5.76. The van der Waals surface area contributed by atoms with Gasteiger partial charge in [0.1, 0.15) is 5.75 Å². The number of benzene rings is 12. The molecule has 12 aromatic carbocycles. The molecule has 0 unspecified atom stereocenters. The normalized spacial score (nSPS) is 17.4. The first-order valence-electron chi connectivity index (χ1n) is 57.6. The van der Waals surface area contributed by atoms with Gasteiger partial charge in [0.25, 0.3) is 0 Å². The van der Waals surface area contributed by atoms with Gasteiger partial charge in [0.2, 0.25) is 0 Å². The van der Waals surface area contributed by atoms with E-state index in [4.69, 9.17) is 4.74 Å². The molecule has 0 aromatic heterocycles. The van der Waals surface area contributed by atoms with Crippen LogP contribution in [0.2, 0.25) is 0 Å². The van der Waals surface area contributed by atoms with Crippen LogP contribution in [0.3, 0.4) is 0 Å². The Bertz CT molecular complexity index is 5730. The summed E-state index contributed by atoms with van der Waals surface area (Å²) in [5.41, 5.74) is 31.1. The zero-order chi connectivity index (χ0) is 101. The van der Waals surface area contributed by atoms with Gasteiger partial charge in [-0.2, -0.15) is 0 Å². The van der Waals surface area contributed by atoms with Crippen LogP contribution in [0.1, 0.15) is 344 Å². The van der Waals surface area contributed by atoms with Crippen molar-refractivity contribution in [3.8, 4) is 61.4 Å². The van der Waals surface area contributed by atoms with Crippen LogP contribution in [-0.2, 0) is 6.61 Å². The fraction of sp³-hybridized carbons (Fsp3) is 0.471. The second-order valence-corrected chi connectivity index (χ2v) is 58.1. The lowest BCUT2D eigenvalue weighted by molar-refractivity contribution is 0.281. The Balaban J connectivity index is 0.000000130. The first-order valence-corrected chi connectivity index (χ1v) is 64.9. The van der Waals surface area contributed by atoms with E-state index in [2.05, 4.69) is 353 Å². The van der Waals surface area contributed by atoms with Gasteiger partial charge in [-0.25, -0.2) is 0 Å². The molecule has 0 bridgehead atoms. The van der Waals surface area contributed by atoms with Gasteiger partial charge in [-0.15, -0.1) is 0 Å². The Morgan fingerprint density at radius 3 is 0.814 bits per heavy atom. The molecule has 8 fully saturated rings. The van der Waals surface area contributed by atoms with E-state index < -0.39 is 7.92 Å². The van der Waals surface area contributed by atoms with Gasteiger partial charge in [0.15, 0.2) is 0 Å². The Hall–Kier alpha value is -7.85. The highest BCUT2D eigenvalue weighted by molar-refractivity contribution is 7.80. The molecule has 1 N–H and O–H groups in total. The maximum atomic E-state index is 10.1. The first-order chi connectivity index (χ1) is 71.1. The van der Waals surface area contributed by atoms with Crippen molar-refractivity contribution in [2.24, 2.45) is 0 Å². The molecule has 145 heavy (non-hydrogen) atoms. The molecule has 0 aliphatic heterocycles. The van der Waals surface area contributed by atoms with Crippen LogP contribution in [0.15, 0.2) is 285 Å². The van der Waals surface area contributed by atoms with E-state index in [1.807, 2.05) is 18.2 Å². The van der Waals surface area contributed by atoms with E-state index in [1.54, 1.807) is 50.6 Å². The third-order valence-corrected chi connectivity index (χ3v) is 50.3. The summed E-state index contributed by atoms with van der Waals surface area (Å²) in [5.74, 6) is 2.52. The zero-order valence-electron chi connectivity index (χ0n) is 91.0. The van der Waals surface area contributed by atoms with Crippen LogP contribution in [0.5, 0.6) is 5.75 Å². The van der Waals surface area contributed by atoms with Crippen LogP contribution in [0.25, 0.3) is 55.6 Å².